The molecule has 0 amide bonds. The zero-order valence-corrected chi connectivity index (χ0v) is 11.1. The fourth-order valence-electron chi connectivity index (χ4n) is 1.59. The second kappa shape index (κ2) is 5.66. The molecule has 2 rings (SSSR count). The van der Waals surface area contributed by atoms with Gasteiger partial charge in [-0.2, -0.15) is 12.8 Å². The van der Waals surface area contributed by atoms with E-state index in [9.17, 15) is 13.2 Å². The molecule has 0 aliphatic carbocycles. The molecule has 6 heteroatoms. The Hall–Kier alpha value is -2.47. The van der Waals surface area contributed by atoms with Crippen molar-refractivity contribution in [2.45, 2.75) is 4.90 Å². The monoisotopic (exact) mass is 289 g/mol. The number of carboxylic acid groups (broad SMARTS) is 1. The maximum absolute atomic E-state index is 12.1. The van der Waals surface area contributed by atoms with E-state index < -0.39 is 16.0 Å². The number of sulfonamides is 1. The number of rotatable bonds is 4. The van der Waals surface area contributed by atoms with Crippen LogP contribution in [-0.2, 0) is 10.0 Å². The Balaban J connectivity index is 2.42. The van der Waals surface area contributed by atoms with Crippen LogP contribution in [0.3, 0.4) is 0 Å². The van der Waals surface area contributed by atoms with Gasteiger partial charge in [-0.3, -0.25) is 0 Å². The average molecular weight is 289 g/mol. The SMILES string of the molecule is O=C(O)c1ccccc1S(=O)(=O)/N=C/c1ccccc1. The van der Waals surface area contributed by atoms with Crippen molar-refractivity contribution >= 4 is 22.2 Å². The van der Waals surface area contributed by atoms with E-state index in [2.05, 4.69) is 4.40 Å². The van der Waals surface area contributed by atoms with Crippen molar-refractivity contribution in [1.82, 2.24) is 0 Å². The highest BCUT2D eigenvalue weighted by Crippen LogP contribution is 2.17. The Morgan fingerprint density at radius 3 is 2.25 bits per heavy atom. The first-order valence-corrected chi connectivity index (χ1v) is 7.12. The largest absolute Gasteiger partial charge is 0.478 e. The predicted molar refractivity (Wildman–Crippen MR) is 74.6 cm³/mol. The van der Waals surface area contributed by atoms with E-state index in [0.717, 1.165) is 0 Å². The van der Waals surface area contributed by atoms with Gasteiger partial charge in [0.1, 0.15) is 4.90 Å². The van der Waals surface area contributed by atoms with Crippen LogP contribution in [0.15, 0.2) is 63.9 Å². The summed E-state index contributed by atoms with van der Waals surface area (Å²) < 4.78 is 27.7. The maximum atomic E-state index is 12.1. The van der Waals surface area contributed by atoms with Gasteiger partial charge in [-0.1, -0.05) is 42.5 Å². The number of nitrogens with zero attached hydrogens (tertiary/aromatic N) is 1. The van der Waals surface area contributed by atoms with Gasteiger partial charge in [0.15, 0.2) is 0 Å². The van der Waals surface area contributed by atoms with E-state index in [-0.39, 0.29) is 10.5 Å². The van der Waals surface area contributed by atoms with Crippen molar-refractivity contribution in [1.29, 1.82) is 0 Å². The van der Waals surface area contributed by atoms with Crippen molar-refractivity contribution in [3.8, 4) is 0 Å². The van der Waals surface area contributed by atoms with E-state index in [1.54, 1.807) is 30.3 Å². The van der Waals surface area contributed by atoms with Crippen molar-refractivity contribution in [3.63, 3.8) is 0 Å². The molecule has 0 unspecified atom stereocenters. The predicted octanol–water partition coefficient (Wildman–Crippen LogP) is 2.19. The van der Waals surface area contributed by atoms with Crippen LogP contribution in [0.4, 0.5) is 0 Å². The first-order chi connectivity index (χ1) is 9.50. The van der Waals surface area contributed by atoms with Gasteiger partial charge in [0.05, 0.1) is 5.56 Å². The number of carboxylic acids is 1. The zero-order valence-electron chi connectivity index (χ0n) is 10.3. The highest BCUT2D eigenvalue weighted by atomic mass is 32.2. The summed E-state index contributed by atoms with van der Waals surface area (Å²) in [6.07, 6.45) is 1.19. The standard InChI is InChI=1S/C14H11NO4S/c16-14(17)12-8-4-5-9-13(12)20(18,19)15-10-11-6-2-1-3-7-11/h1-10H,(H,16,17)/b15-10+. The van der Waals surface area contributed by atoms with Crippen LogP contribution >= 0.6 is 0 Å². The normalized spacial score (nSPS) is 11.6. The third kappa shape index (κ3) is 3.10. The zero-order chi connectivity index (χ0) is 14.6. The second-order valence-corrected chi connectivity index (χ2v) is 5.52. The minimum Gasteiger partial charge on any atom is -0.478 e. The lowest BCUT2D eigenvalue weighted by atomic mass is 10.2. The molecular formula is C14H11NO4S. The lowest BCUT2D eigenvalue weighted by Crippen LogP contribution is -2.07. The van der Waals surface area contributed by atoms with E-state index in [4.69, 9.17) is 5.11 Å². The second-order valence-electron chi connectivity index (χ2n) is 3.92. The van der Waals surface area contributed by atoms with E-state index in [1.165, 1.54) is 30.5 Å². The topological polar surface area (TPSA) is 83.8 Å². The summed E-state index contributed by atoms with van der Waals surface area (Å²) in [6, 6.07) is 14.1. The molecule has 0 bridgehead atoms. The Kier molecular flexibility index (Phi) is 3.95. The van der Waals surface area contributed by atoms with Crippen LogP contribution in [0, 0.1) is 0 Å². The third-order valence-electron chi connectivity index (χ3n) is 2.54. The van der Waals surface area contributed by atoms with Gasteiger partial charge in [-0.25, -0.2) is 4.79 Å². The molecule has 0 fully saturated rings. The maximum Gasteiger partial charge on any atom is 0.337 e. The minimum atomic E-state index is -4.05. The Morgan fingerprint density at radius 2 is 1.60 bits per heavy atom. The summed E-state index contributed by atoms with van der Waals surface area (Å²) in [5.41, 5.74) is 0.321. The molecule has 0 aromatic heterocycles. The Labute approximate surface area is 116 Å². The van der Waals surface area contributed by atoms with Gasteiger partial charge in [-0.15, -0.1) is 0 Å². The van der Waals surface area contributed by atoms with Crippen LogP contribution in [0.1, 0.15) is 15.9 Å². The van der Waals surface area contributed by atoms with Crippen LogP contribution in [0.25, 0.3) is 0 Å². The van der Waals surface area contributed by atoms with Gasteiger partial charge in [0.25, 0.3) is 10.0 Å². The third-order valence-corrected chi connectivity index (χ3v) is 3.83. The fourth-order valence-corrected chi connectivity index (χ4v) is 2.65. The smallest absolute Gasteiger partial charge is 0.337 e. The highest BCUT2D eigenvalue weighted by molar-refractivity contribution is 7.90. The van der Waals surface area contributed by atoms with E-state index in [1.807, 2.05) is 0 Å². The number of benzene rings is 2. The quantitative estimate of drug-likeness (QED) is 0.874. The molecule has 0 aliphatic heterocycles. The van der Waals surface area contributed by atoms with Gasteiger partial charge in [0.2, 0.25) is 0 Å². The number of hydrogen-bond donors (Lipinski definition) is 1. The summed E-state index contributed by atoms with van der Waals surface area (Å²) in [7, 11) is -4.05. The lowest BCUT2D eigenvalue weighted by molar-refractivity contribution is 0.0692. The van der Waals surface area contributed by atoms with Crippen molar-refractivity contribution < 1.29 is 18.3 Å². The van der Waals surface area contributed by atoms with Crippen LogP contribution in [0.5, 0.6) is 0 Å². The van der Waals surface area contributed by atoms with Gasteiger partial charge < -0.3 is 5.11 Å². The molecule has 0 aliphatic rings. The van der Waals surface area contributed by atoms with Crippen molar-refractivity contribution in [2.75, 3.05) is 0 Å². The minimum absolute atomic E-state index is 0.294. The molecule has 5 nitrogen and oxygen atoms in total. The summed E-state index contributed by atoms with van der Waals surface area (Å²) in [4.78, 5) is 10.7. The summed E-state index contributed by atoms with van der Waals surface area (Å²) >= 11 is 0. The number of aromatic carboxylic acids is 1. The highest BCUT2D eigenvalue weighted by Gasteiger charge is 2.20. The fraction of sp³-hybridized carbons (Fsp3) is 0. The van der Waals surface area contributed by atoms with Gasteiger partial charge in [-0.05, 0) is 17.7 Å². The van der Waals surface area contributed by atoms with Crippen molar-refractivity contribution in [3.05, 3.63) is 65.7 Å². The lowest BCUT2D eigenvalue weighted by Gasteiger charge is -2.02. The van der Waals surface area contributed by atoms with Crippen LogP contribution < -0.4 is 0 Å². The first-order valence-electron chi connectivity index (χ1n) is 5.68. The van der Waals surface area contributed by atoms with Gasteiger partial charge >= 0.3 is 5.97 Å². The summed E-state index contributed by atoms with van der Waals surface area (Å²) in [5.74, 6) is -1.31. The Morgan fingerprint density at radius 1 is 1.00 bits per heavy atom. The molecule has 0 saturated heterocycles. The molecule has 0 heterocycles. The molecule has 20 heavy (non-hydrogen) atoms. The molecule has 1 N–H and O–H groups in total. The Bertz CT molecular complexity index is 752. The van der Waals surface area contributed by atoms with E-state index in [0.29, 0.717) is 5.56 Å². The first kappa shape index (κ1) is 14.0. The van der Waals surface area contributed by atoms with E-state index >= 15 is 0 Å². The molecule has 0 spiro atoms. The molecule has 0 saturated carbocycles. The van der Waals surface area contributed by atoms with Crippen LogP contribution in [-0.4, -0.2) is 25.7 Å². The molecule has 0 atom stereocenters. The van der Waals surface area contributed by atoms with Crippen LogP contribution in [0.2, 0.25) is 0 Å². The molecular weight excluding hydrogens is 278 g/mol. The summed E-state index contributed by atoms with van der Waals surface area (Å²) in [5, 5.41) is 9.00. The molecule has 0 radical (unpaired) electrons. The molecule has 102 valence electrons. The number of carbonyl (C=O) groups is 1. The average Bonchev–Trinajstić information content (AvgIpc) is 2.46. The summed E-state index contributed by atoms with van der Waals surface area (Å²) in [6.45, 7) is 0. The van der Waals surface area contributed by atoms with Gasteiger partial charge in [0, 0.05) is 6.21 Å². The molecule has 2 aromatic rings. The molecule has 2 aromatic carbocycles. The van der Waals surface area contributed by atoms with Crippen molar-refractivity contribution in [2.24, 2.45) is 4.40 Å². The number of hydrogen-bond acceptors (Lipinski definition) is 3.